The molecule has 2 aromatic carbocycles. The molecule has 0 aliphatic heterocycles. The smallest absolute Gasteiger partial charge is 0.418 e. The third-order valence-corrected chi connectivity index (χ3v) is 3.96. The Kier molecular flexibility index (Phi) is 6.68. The van der Waals surface area contributed by atoms with Crippen molar-refractivity contribution in [2.24, 2.45) is 0 Å². The Labute approximate surface area is 155 Å². The average molecular weight is 383 g/mol. The minimum Gasteiger partial charge on any atom is -0.497 e. The summed E-state index contributed by atoms with van der Waals surface area (Å²) in [6.45, 7) is 0.461. The SMILES string of the molecule is COc1ccc(C[NH+](C)CC(=O)Nc2ccccc2C(F)(F)F)c(OC)c1. The lowest BCUT2D eigenvalue weighted by molar-refractivity contribution is -0.885. The fourth-order valence-corrected chi connectivity index (χ4v) is 2.69. The summed E-state index contributed by atoms with van der Waals surface area (Å²) in [5, 5.41) is 2.35. The Morgan fingerprint density at radius 1 is 1.11 bits per heavy atom. The highest BCUT2D eigenvalue weighted by Gasteiger charge is 2.33. The van der Waals surface area contributed by atoms with Crippen LogP contribution in [0.5, 0.6) is 11.5 Å². The van der Waals surface area contributed by atoms with Crippen molar-refractivity contribution in [3.05, 3.63) is 53.6 Å². The number of hydrogen-bond acceptors (Lipinski definition) is 3. The molecule has 0 aromatic heterocycles. The van der Waals surface area contributed by atoms with E-state index in [-0.39, 0.29) is 12.2 Å². The molecule has 0 saturated heterocycles. The van der Waals surface area contributed by atoms with Crippen LogP contribution in [0, 0.1) is 0 Å². The number of carbonyl (C=O) groups excluding carboxylic acids is 1. The van der Waals surface area contributed by atoms with Crippen LogP contribution in [-0.2, 0) is 17.5 Å². The summed E-state index contributed by atoms with van der Waals surface area (Å²) in [5.41, 5.74) is -0.253. The molecule has 146 valence electrons. The molecule has 0 aliphatic carbocycles. The van der Waals surface area contributed by atoms with Crippen molar-refractivity contribution >= 4 is 11.6 Å². The summed E-state index contributed by atoms with van der Waals surface area (Å²) in [7, 11) is 4.86. The number of likely N-dealkylation sites (N-methyl/N-ethyl adjacent to an activating group) is 1. The van der Waals surface area contributed by atoms with Gasteiger partial charge in [0.15, 0.2) is 6.54 Å². The van der Waals surface area contributed by atoms with Gasteiger partial charge in [-0.3, -0.25) is 4.79 Å². The van der Waals surface area contributed by atoms with Crippen LogP contribution in [0.25, 0.3) is 0 Å². The van der Waals surface area contributed by atoms with Gasteiger partial charge in [0.2, 0.25) is 0 Å². The van der Waals surface area contributed by atoms with E-state index in [4.69, 9.17) is 9.47 Å². The van der Waals surface area contributed by atoms with Gasteiger partial charge in [0.1, 0.15) is 18.0 Å². The molecule has 8 heteroatoms. The number of carbonyl (C=O) groups is 1. The molecule has 5 nitrogen and oxygen atoms in total. The van der Waals surface area contributed by atoms with Crippen LogP contribution in [0.3, 0.4) is 0 Å². The van der Waals surface area contributed by atoms with Crippen molar-refractivity contribution in [3.8, 4) is 11.5 Å². The number of ether oxygens (including phenoxy) is 2. The van der Waals surface area contributed by atoms with Gasteiger partial charge in [-0.2, -0.15) is 13.2 Å². The molecule has 1 amide bonds. The molecule has 2 N–H and O–H groups in total. The second kappa shape index (κ2) is 8.77. The summed E-state index contributed by atoms with van der Waals surface area (Å²) >= 11 is 0. The van der Waals surface area contributed by atoms with Crippen LogP contribution >= 0.6 is 0 Å². The van der Waals surface area contributed by atoms with E-state index in [0.29, 0.717) is 18.0 Å². The number of rotatable bonds is 7. The van der Waals surface area contributed by atoms with Gasteiger partial charge in [0, 0.05) is 11.6 Å². The molecule has 0 heterocycles. The summed E-state index contributed by atoms with van der Waals surface area (Å²) in [6.07, 6.45) is -4.53. The maximum Gasteiger partial charge on any atom is 0.418 e. The molecular weight excluding hydrogens is 361 g/mol. The Balaban J connectivity index is 2.03. The summed E-state index contributed by atoms with van der Waals surface area (Å²) in [6, 6.07) is 10.3. The Bertz CT molecular complexity index is 794. The number of alkyl halides is 3. The normalized spacial score (nSPS) is 12.4. The lowest BCUT2D eigenvalue weighted by Crippen LogP contribution is -3.08. The second-order valence-corrected chi connectivity index (χ2v) is 6.08. The zero-order chi connectivity index (χ0) is 20.0. The molecule has 0 radical (unpaired) electrons. The molecule has 0 spiro atoms. The second-order valence-electron chi connectivity index (χ2n) is 6.08. The van der Waals surface area contributed by atoms with Crippen LogP contribution in [0.4, 0.5) is 18.9 Å². The predicted octanol–water partition coefficient (Wildman–Crippen LogP) is 2.38. The third kappa shape index (κ3) is 5.62. The molecule has 2 aromatic rings. The van der Waals surface area contributed by atoms with Crippen molar-refractivity contribution in [3.63, 3.8) is 0 Å². The first-order valence-electron chi connectivity index (χ1n) is 8.23. The van der Waals surface area contributed by atoms with Gasteiger partial charge in [0.25, 0.3) is 5.91 Å². The van der Waals surface area contributed by atoms with Gasteiger partial charge < -0.3 is 19.7 Å². The number of halogens is 3. The van der Waals surface area contributed by atoms with Crippen LogP contribution in [-0.4, -0.2) is 33.7 Å². The largest absolute Gasteiger partial charge is 0.497 e. The zero-order valence-corrected chi connectivity index (χ0v) is 15.3. The minimum absolute atomic E-state index is 0.00136. The highest BCUT2D eigenvalue weighted by Crippen LogP contribution is 2.34. The van der Waals surface area contributed by atoms with Gasteiger partial charge >= 0.3 is 6.18 Å². The van der Waals surface area contributed by atoms with Gasteiger partial charge in [0.05, 0.1) is 32.5 Å². The Hall–Kier alpha value is -2.74. The number of anilines is 1. The van der Waals surface area contributed by atoms with Gasteiger partial charge in [-0.15, -0.1) is 0 Å². The fourth-order valence-electron chi connectivity index (χ4n) is 2.69. The van der Waals surface area contributed by atoms with E-state index >= 15 is 0 Å². The van der Waals surface area contributed by atoms with E-state index in [1.807, 2.05) is 6.07 Å². The Morgan fingerprint density at radius 2 is 1.81 bits per heavy atom. The Morgan fingerprint density at radius 3 is 2.44 bits per heavy atom. The standard InChI is InChI=1S/C19H21F3N2O3/c1-24(11-13-8-9-14(26-2)10-17(13)27-3)12-18(25)23-16-7-5-4-6-15(16)19(20,21)22/h4-10H,11-12H2,1-3H3,(H,23,25)/p+1. The van der Waals surface area contributed by atoms with Crippen molar-refractivity contribution in [1.29, 1.82) is 0 Å². The first kappa shape index (κ1) is 20.6. The fraction of sp³-hybridized carbons (Fsp3) is 0.316. The minimum atomic E-state index is -4.53. The number of nitrogens with one attached hydrogen (secondary N) is 2. The third-order valence-electron chi connectivity index (χ3n) is 3.96. The molecule has 27 heavy (non-hydrogen) atoms. The van der Waals surface area contributed by atoms with Crippen LogP contribution in [0.2, 0.25) is 0 Å². The first-order chi connectivity index (χ1) is 12.7. The molecule has 0 saturated carbocycles. The van der Waals surface area contributed by atoms with E-state index in [1.54, 1.807) is 26.3 Å². The number of hydrogen-bond donors (Lipinski definition) is 2. The van der Waals surface area contributed by atoms with Gasteiger partial charge in [-0.05, 0) is 24.3 Å². The quantitative estimate of drug-likeness (QED) is 0.772. The number of para-hydroxylation sites is 1. The monoisotopic (exact) mass is 383 g/mol. The topological polar surface area (TPSA) is 52.0 Å². The molecule has 1 atom stereocenters. The van der Waals surface area contributed by atoms with E-state index in [9.17, 15) is 18.0 Å². The van der Waals surface area contributed by atoms with E-state index < -0.39 is 17.6 Å². The molecular formula is C19H22F3N2O3+. The van der Waals surface area contributed by atoms with E-state index in [2.05, 4.69) is 5.32 Å². The van der Waals surface area contributed by atoms with Crippen molar-refractivity contribution in [2.45, 2.75) is 12.7 Å². The lowest BCUT2D eigenvalue weighted by atomic mass is 10.1. The average Bonchev–Trinajstić information content (AvgIpc) is 2.61. The summed E-state index contributed by atoms with van der Waals surface area (Å²) < 4.78 is 49.5. The number of methoxy groups -OCH3 is 2. The van der Waals surface area contributed by atoms with Crippen LogP contribution < -0.4 is 19.7 Å². The zero-order valence-electron chi connectivity index (χ0n) is 15.3. The lowest BCUT2D eigenvalue weighted by Gasteiger charge is -2.17. The highest BCUT2D eigenvalue weighted by molar-refractivity contribution is 5.92. The van der Waals surface area contributed by atoms with Crippen molar-refractivity contribution in [1.82, 2.24) is 0 Å². The molecule has 0 aliphatic rings. The molecule has 0 fully saturated rings. The van der Waals surface area contributed by atoms with Gasteiger partial charge in [-0.1, -0.05) is 12.1 Å². The van der Waals surface area contributed by atoms with Crippen molar-refractivity contribution < 1.29 is 32.3 Å². The van der Waals surface area contributed by atoms with Crippen LogP contribution in [0.15, 0.2) is 42.5 Å². The van der Waals surface area contributed by atoms with Crippen LogP contribution in [0.1, 0.15) is 11.1 Å². The number of benzene rings is 2. The first-order valence-corrected chi connectivity index (χ1v) is 8.23. The summed E-state index contributed by atoms with van der Waals surface area (Å²) in [4.78, 5) is 13.0. The predicted molar refractivity (Wildman–Crippen MR) is 95.1 cm³/mol. The molecule has 1 unspecified atom stereocenters. The van der Waals surface area contributed by atoms with E-state index in [1.165, 1.54) is 25.3 Å². The number of quaternary nitrogens is 1. The maximum atomic E-state index is 13.0. The van der Waals surface area contributed by atoms with E-state index in [0.717, 1.165) is 16.5 Å². The van der Waals surface area contributed by atoms with Gasteiger partial charge in [-0.25, -0.2) is 0 Å². The highest BCUT2D eigenvalue weighted by atomic mass is 19.4. The number of amides is 1. The molecule has 2 rings (SSSR count). The maximum absolute atomic E-state index is 13.0. The van der Waals surface area contributed by atoms with Crippen molar-refractivity contribution in [2.75, 3.05) is 33.1 Å². The molecule has 0 bridgehead atoms. The summed E-state index contributed by atoms with van der Waals surface area (Å²) in [5.74, 6) is 0.767.